The highest BCUT2D eigenvalue weighted by atomic mass is 19.1. The van der Waals surface area contributed by atoms with E-state index in [1.807, 2.05) is 6.07 Å². The molecule has 0 fully saturated rings. The minimum Gasteiger partial charge on any atom is -0.464 e. The molecule has 2 rings (SSSR count). The van der Waals surface area contributed by atoms with E-state index in [1.54, 1.807) is 36.4 Å². The summed E-state index contributed by atoms with van der Waals surface area (Å²) in [6.45, 7) is 0. The molecular weight excluding hydrogens is 245 g/mol. The van der Waals surface area contributed by atoms with Gasteiger partial charge in [-0.05, 0) is 12.1 Å². The number of ether oxygens (including phenoxy) is 1. The van der Waals surface area contributed by atoms with Crippen molar-refractivity contribution in [3.8, 4) is 0 Å². The van der Waals surface area contributed by atoms with E-state index >= 15 is 0 Å². The molecule has 0 aliphatic carbocycles. The van der Waals surface area contributed by atoms with Crippen molar-refractivity contribution < 1.29 is 13.9 Å². The molecule has 0 saturated heterocycles. The second-order valence-electron chi connectivity index (χ2n) is 3.77. The molecule has 0 aliphatic rings. The van der Waals surface area contributed by atoms with Crippen molar-refractivity contribution in [2.45, 2.75) is 0 Å². The quantitative estimate of drug-likeness (QED) is 0.626. The third-order valence-electron chi connectivity index (χ3n) is 2.51. The molecule has 2 aromatic rings. The predicted octanol–water partition coefficient (Wildman–Crippen LogP) is 3.12. The number of methoxy groups -OCH3 is 1. The molecule has 4 heteroatoms. The number of halogens is 1. The van der Waals surface area contributed by atoms with Gasteiger partial charge in [-0.1, -0.05) is 42.5 Å². The van der Waals surface area contributed by atoms with Crippen LogP contribution in [0.25, 0.3) is 0 Å². The van der Waals surface area contributed by atoms with Crippen molar-refractivity contribution in [3.05, 3.63) is 66.0 Å². The number of hydrogen-bond donors (Lipinski definition) is 0. The molecule has 0 amide bonds. The van der Waals surface area contributed by atoms with Gasteiger partial charge in [-0.2, -0.15) is 0 Å². The Morgan fingerprint density at radius 2 is 1.68 bits per heavy atom. The van der Waals surface area contributed by atoms with Gasteiger partial charge in [0.1, 0.15) is 5.82 Å². The standard InChI is InChI=1S/C15H12FNO2/c1-19-15(18)14(11-7-3-2-4-8-11)17-13-10-6-5-9-12(13)16/h2-10H,1H3. The molecule has 0 N–H and O–H groups in total. The van der Waals surface area contributed by atoms with Crippen molar-refractivity contribution >= 4 is 17.4 Å². The summed E-state index contributed by atoms with van der Waals surface area (Å²) in [6.07, 6.45) is 0. The first-order valence-corrected chi connectivity index (χ1v) is 5.69. The smallest absolute Gasteiger partial charge is 0.357 e. The number of nitrogens with zero attached hydrogens (tertiary/aromatic N) is 1. The lowest BCUT2D eigenvalue weighted by Crippen LogP contribution is -2.16. The van der Waals surface area contributed by atoms with Crippen LogP contribution in [0, 0.1) is 5.82 Å². The maximum absolute atomic E-state index is 13.6. The molecule has 0 aromatic heterocycles. The van der Waals surface area contributed by atoms with Crippen LogP contribution in [0.2, 0.25) is 0 Å². The first-order chi connectivity index (χ1) is 9.22. The van der Waals surface area contributed by atoms with E-state index in [2.05, 4.69) is 9.73 Å². The maximum Gasteiger partial charge on any atom is 0.357 e. The van der Waals surface area contributed by atoms with Crippen LogP contribution in [0.1, 0.15) is 5.56 Å². The van der Waals surface area contributed by atoms with Crippen LogP contribution in [0.3, 0.4) is 0 Å². The highest BCUT2D eigenvalue weighted by Crippen LogP contribution is 2.18. The van der Waals surface area contributed by atoms with Crippen LogP contribution in [0.15, 0.2) is 59.6 Å². The Morgan fingerprint density at radius 1 is 1.05 bits per heavy atom. The number of hydrogen-bond acceptors (Lipinski definition) is 3. The van der Waals surface area contributed by atoms with E-state index in [1.165, 1.54) is 19.2 Å². The second-order valence-corrected chi connectivity index (χ2v) is 3.77. The van der Waals surface area contributed by atoms with Gasteiger partial charge in [-0.3, -0.25) is 0 Å². The first kappa shape index (κ1) is 13.0. The molecule has 0 radical (unpaired) electrons. The average molecular weight is 257 g/mol. The minimum atomic E-state index is -0.602. The van der Waals surface area contributed by atoms with Gasteiger partial charge in [-0.25, -0.2) is 14.2 Å². The highest BCUT2D eigenvalue weighted by molar-refractivity contribution is 6.43. The van der Waals surface area contributed by atoms with Crippen molar-refractivity contribution in [3.63, 3.8) is 0 Å². The molecule has 96 valence electrons. The van der Waals surface area contributed by atoms with Gasteiger partial charge in [0.05, 0.1) is 12.8 Å². The number of carbonyl (C=O) groups excluding carboxylic acids is 1. The zero-order valence-corrected chi connectivity index (χ0v) is 10.3. The number of carbonyl (C=O) groups is 1. The van der Waals surface area contributed by atoms with Gasteiger partial charge >= 0.3 is 5.97 Å². The molecule has 0 aliphatic heterocycles. The van der Waals surface area contributed by atoms with Gasteiger partial charge in [-0.15, -0.1) is 0 Å². The van der Waals surface area contributed by atoms with E-state index in [0.29, 0.717) is 5.56 Å². The molecule has 0 saturated carbocycles. The molecule has 0 heterocycles. The van der Waals surface area contributed by atoms with Crippen LogP contribution < -0.4 is 0 Å². The average Bonchev–Trinajstić information content (AvgIpc) is 2.46. The van der Waals surface area contributed by atoms with Gasteiger partial charge in [0, 0.05) is 5.56 Å². The van der Waals surface area contributed by atoms with E-state index in [-0.39, 0.29) is 11.4 Å². The molecule has 2 aromatic carbocycles. The predicted molar refractivity (Wildman–Crippen MR) is 71.1 cm³/mol. The summed E-state index contributed by atoms with van der Waals surface area (Å²) >= 11 is 0. The zero-order chi connectivity index (χ0) is 13.7. The lowest BCUT2D eigenvalue weighted by atomic mass is 10.1. The van der Waals surface area contributed by atoms with Gasteiger partial charge < -0.3 is 4.74 Å². The van der Waals surface area contributed by atoms with Crippen molar-refractivity contribution in [1.82, 2.24) is 0 Å². The molecular formula is C15H12FNO2. The number of rotatable bonds is 3. The van der Waals surface area contributed by atoms with Crippen LogP contribution in [-0.2, 0) is 9.53 Å². The largest absolute Gasteiger partial charge is 0.464 e. The summed E-state index contributed by atoms with van der Waals surface area (Å²) in [5.74, 6) is -1.09. The van der Waals surface area contributed by atoms with E-state index in [4.69, 9.17) is 0 Å². The van der Waals surface area contributed by atoms with Crippen LogP contribution >= 0.6 is 0 Å². The molecule has 3 nitrogen and oxygen atoms in total. The Morgan fingerprint density at radius 3 is 2.32 bits per heavy atom. The van der Waals surface area contributed by atoms with Crippen molar-refractivity contribution in [1.29, 1.82) is 0 Å². The van der Waals surface area contributed by atoms with Gasteiger partial charge in [0.15, 0.2) is 5.71 Å². The fourth-order valence-corrected chi connectivity index (χ4v) is 1.58. The van der Waals surface area contributed by atoms with Crippen LogP contribution in [0.4, 0.5) is 10.1 Å². The second kappa shape index (κ2) is 5.91. The van der Waals surface area contributed by atoms with Gasteiger partial charge in [0.25, 0.3) is 0 Å². The highest BCUT2D eigenvalue weighted by Gasteiger charge is 2.15. The topological polar surface area (TPSA) is 38.7 Å². The van der Waals surface area contributed by atoms with Gasteiger partial charge in [0.2, 0.25) is 0 Å². The third-order valence-corrected chi connectivity index (χ3v) is 2.51. The summed E-state index contributed by atoms with van der Waals surface area (Å²) in [5, 5.41) is 0. The lowest BCUT2D eigenvalue weighted by molar-refractivity contribution is -0.132. The third kappa shape index (κ3) is 3.04. The van der Waals surface area contributed by atoms with E-state index in [0.717, 1.165) is 0 Å². The summed E-state index contributed by atoms with van der Waals surface area (Å²) in [5.41, 5.74) is 0.762. The number of benzene rings is 2. The Bertz CT molecular complexity index is 609. The lowest BCUT2D eigenvalue weighted by Gasteiger charge is -2.05. The van der Waals surface area contributed by atoms with Crippen LogP contribution in [0.5, 0.6) is 0 Å². The Hall–Kier alpha value is -2.49. The summed E-state index contributed by atoms with van der Waals surface area (Å²) in [7, 11) is 1.27. The molecule has 0 unspecified atom stereocenters. The fraction of sp³-hybridized carbons (Fsp3) is 0.0667. The maximum atomic E-state index is 13.6. The number of para-hydroxylation sites is 1. The summed E-state index contributed by atoms with van der Waals surface area (Å²) < 4.78 is 18.3. The molecule has 0 bridgehead atoms. The van der Waals surface area contributed by atoms with Crippen LogP contribution in [-0.4, -0.2) is 18.8 Å². The first-order valence-electron chi connectivity index (χ1n) is 5.69. The van der Waals surface area contributed by atoms with E-state index in [9.17, 15) is 9.18 Å². The Balaban J connectivity index is 2.51. The molecule has 0 atom stereocenters. The normalized spacial score (nSPS) is 11.2. The zero-order valence-electron chi connectivity index (χ0n) is 10.3. The van der Waals surface area contributed by atoms with Crippen molar-refractivity contribution in [2.75, 3.05) is 7.11 Å². The van der Waals surface area contributed by atoms with E-state index < -0.39 is 11.8 Å². The number of esters is 1. The molecule has 0 spiro atoms. The SMILES string of the molecule is COC(=O)C(=Nc1ccccc1F)c1ccccc1. The fourth-order valence-electron chi connectivity index (χ4n) is 1.58. The van der Waals surface area contributed by atoms with Crippen molar-refractivity contribution in [2.24, 2.45) is 4.99 Å². The number of aliphatic imine (C=N–C) groups is 1. The summed E-state index contributed by atoms with van der Waals surface area (Å²) in [4.78, 5) is 15.8. The Kier molecular flexibility index (Phi) is 4.03. The summed E-state index contributed by atoms with van der Waals surface area (Å²) in [6, 6.07) is 14.8. The monoisotopic (exact) mass is 257 g/mol. The Labute approximate surface area is 110 Å². The minimum absolute atomic E-state index is 0.0770. The molecule has 19 heavy (non-hydrogen) atoms.